The summed E-state index contributed by atoms with van der Waals surface area (Å²) in [7, 11) is -3.69. The van der Waals surface area contributed by atoms with E-state index in [1.54, 1.807) is 36.7 Å². The summed E-state index contributed by atoms with van der Waals surface area (Å²) in [5, 5.41) is 0. The second kappa shape index (κ2) is 6.53. The first-order valence-electron chi connectivity index (χ1n) is 9.19. The second-order valence-corrected chi connectivity index (χ2v) is 8.76. The molecule has 0 N–H and O–H groups in total. The fourth-order valence-electron chi connectivity index (χ4n) is 3.66. The third kappa shape index (κ3) is 2.72. The lowest BCUT2D eigenvalue weighted by Gasteiger charge is -2.32. The first kappa shape index (κ1) is 17.6. The number of aryl methyl sites for hydroxylation is 1. The molecular weight excluding hydrogens is 382 g/mol. The van der Waals surface area contributed by atoms with E-state index in [2.05, 4.69) is 16.0 Å². The quantitative estimate of drug-likeness (QED) is 0.415. The minimum atomic E-state index is -3.69. The molecule has 1 aliphatic heterocycles. The lowest BCUT2D eigenvalue weighted by atomic mass is 10.0. The number of aromatic nitrogens is 2. The number of benzene rings is 2. The minimum absolute atomic E-state index is 0.181. The summed E-state index contributed by atoms with van der Waals surface area (Å²) in [6.45, 7) is 2.04. The summed E-state index contributed by atoms with van der Waals surface area (Å²) < 4.78 is 26.3. The Bertz CT molecular complexity index is 1280. The molecule has 0 radical (unpaired) electrons. The molecule has 3 heterocycles. The van der Waals surface area contributed by atoms with Crippen LogP contribution < -0.4 is 4.90 Å². The van der Waals surface area contributed by atoms with Gasteiger partial charge in [0.05, 0.1) is 5.69 Å². The number of fused-ring (bicyclic) bond motifs is 2. The highest BCUT2D eigenvalue weighted by Gasteiger charge is 2.37. The Hall–Kier alpha value is -3.51. The van der Waals surface area contributed by atoms with Crippen molar-refractivity contribution >= 4 is 27.2 Å². The van der Waals surface area contributed by atoms with Crippen molar-refractivity contribution < 1.29 is 8.42 Å². The first-order valence-corrected chi connectivity index (χ1v) is 10.7. The minimum Gasteiger partial charge on any atom is -0.276 e. The fourth-order valence-corrected chi connectivity index (χ4v) is 5.18. The molecule has 142 valence electrons. The van der Waals surface area contributed by atoms with Gasteiger partial charge in [0.25, 0.3) is 0 Å². The molecule has 4 aromatic rings. The molecule has 0 atom stereocenters. The third-order valence-corrected chi connectivity index (χ3v) is 6.78. The number of hydrogen-bond acceptors (Lipinski definition) is 5. The number of sulfone groups is 1. The summed E-state index contributed by atoms with van der Waals surface area (Å²) in [5.41, 5.74) is 3.96. The van der Waals surface area contributed by atoms with Crippen LogP contribution in [0.15, 0.2) is 95.0 Å². The lowest BCUT2D eigenvalue weighted by Crippen LogP contribution is -2.24. The van der Waals surface area contributed by atoms with Crippen molar-refractivity contribution in [2.45, 2.75) is 16.7 Å². The van der Waals surface area contributed by atoms with Crippen molar-refractivity contribution in [3.63, 3.8) is 0 Å². The van der Waals surface area contributed by atoms with Crippen LogP contribution in [0.5, 0.6) is 0 Å². The van der Waals surface area contributed by atoms with E-state index >= 15 is 0 Å². The zero-order valence-electron chi connectivity index (χ0n) is 15.6. The highest BCUT2D eigenvalue weighted by atomic mass is 32.2. The number of nitrogens with zero attached hydrogens (tertiary/aromatic N) is 3. The zero-order valence-corrected chi connectivity index (χ0v) is 16.5. The monoisotopic (exact) mass is 399 g/mol. The normalized spacial score (nSPS) is 14.2. The van der Waals surface area contributed by atoms with Gasteiger partial charge in [-0.25, -0.2) is 18.4 Å². The molecular formula is C23H17N3O2S. The summed E-state index contributed by atoms with van der Waals surface area (Å²) in [6.07, 6.45) is 3.21. The lowest BCUT2D eigenvalue weighted by molar-refractivity contribution is 0.594. The van der Waals surface area contributed by atoms with Crippen LogP contribution in [0.3, 0.4) is 0 Å². The molecule has 0 saturated carbocycles. The van der Waals surface area contributed by atoms with Crippen LogP contribution in [0, 0.1) is 6.92 Å². The average molecular weight is 399 g/mol. The van der Waals surface area contributed by atoms with E-state index in [1.165, 1.54) is 0 Å². The zero-order chi connectivity index (χ0) is 20.0. The van der Waals surface area contributed by atoms with Gasteiger partial charge in [-0.1, -0.05) is 42.0 Å². The number of hydrogen-bond donors (Lipinski definition) is 0. The topological polar surface area (TPSA) is 63.2 Å². The van der Waals surface area contributed by atoms with Gasteiger partial charge in [0.2, 0.25) is 9.84 Å². The van der Waals surface area contributed by atoms with Gasteiger partial charge in [-0.15, -0.1) is 0 Å². The van der Waals surface area contributed by atoms with Gasteiger partial charge in [0.1, 0.15) is 9.79 Å². The van der Waals surface area contributed by atoms with Crippen LogP contribution in [0.2, 0.25) is 0 Å². The second-order valence-electron chi connectivity index (χ2n) is 6.88. The van der Waals surface area contributed by atoms with E-state index in [0.717, 1.165) is 22.4 Å². The van der Waals surface area contributed by atoms with Gasteiger partial charge < -0.3 is 0 Å². The standard InChI is InChI=1S/C23H17N3O2S/c1-16-11-12-19(18(15-16)17-7-3-2-4-8-17)26-22-20(9-5-13-24-22)29(27,28)21-10-6-14-25-23(21)26/h2-15H,1H3. The molecule has 2 aromatic carbocycles. The van der Waals surface area contributed by atoms with Crippen molar-refractivity contribution in [3.8, 4) is 11.1 Å². The Kier molecular flexibility index (Phi) is 3.96. The molecule has 0 bridgehead atoms. The maximum atomic E-state index is 13.2. The molecule has 0 aliphatic carbocycles. The number of pyridine rings is 2. The summed E-state index contributed by atoms with van der Waals surface area (Å²) >= 11 is 0. The first-order chi connectivity index (χ1) is 14.1. The highest BCUT2D eigenvalue weighted by molar-refractivity contribution is 7.92. The fraction of sp³-hybridized carbons (Fsp3) is 0.0435. The van der Waals surface area contributed by atoms with Gasteiger partial charge in [0, 0.05) is 18.0 Å². The third-order valence-electron chi connectivity index (χ3n) is 4.98. The highest BCUT2D eigenvalue weighted by Crippen LogP contribution is 2.48. The molecule has 29 heavy (non-hydrogen) atoms. The van der Waals surface area contributed by atoms with E-state index in [4.69, 9.17) is 0 Å². The molecule has 5 nitrogen and oxygen atoms in total. The van der Waals surface area contributed by atoms with Gasteiger partial charge in [-0.3, -0.25) is 4.90 Å². The molecule has 1 aliphatic rings. The van der Waals surface area contributed by atoms with E-state index < -0.39 is 9.84 Å². The van der Waals surface area contributed by atoms with Crippen LogP contribution >= 0.6 is 0 Å². The van der Waals surface area contributed by atoms with Crippen LogP contribution in [0.25, 0.3) is 11.1 Å². The molecule has 6 heteroatoms. The van der Waals surface area contributed by atoms with Crippen molar-refractivity contribution in [1.29, 1.82) is 0 Å². The average Bonchev–Trinajstić information content (AvgIpc) is 2.75. The van der Waals surface area contributed by atoms with E-state index in [0.29, 0.717) is 11.6 Å². The maximum absolute atomic E-state index is 13.2. The largest absolute Gasteiger partial charge is 0.276 e. The maximum Gasteiger partial charge on any atom is 0.213 e. The molecule has 5 rings (SSSR count). The van der Waals surface area contributed by atoms with Crippen LogP contribution in [0.4, 0.5) is 17.3 Å². The van der Waals surface area contributed by atoms with Gasteiger partial charge in [0.15, 0.2) is 11.6 Å². The Labute approximate surface area is 169 Å². The molecule has 0 fully saturated rings. The molecule has 0 spiro atoms. The van der Waals surface area contributed by atoms with Crippen molar-refractivity contribution in [1.82, 2.24) is 9.97 Å². The Balaban J connectivity index is 1.86. The Morgan fingerprint density at radius 2 is 1.38 bits per heavy atom. The predicted octanol–water partition coefficient (Wildman–Crippen LogP) is 5.07. The summed E-state index contributed by atoms with van der Waals surface area (Å²) in [5.74, 6) is 0.722. The number of anilines is 3. The predicted molar refractivity (Wildman–Crippen MR) is 112 cm³/mol. The van der Waals surface area contributed by atoms with Crippen molar-refractivity contribution in [2.75, 3.05) is 4.90 Å². The van der Waals surface area contributed by atoms with Crippen LogP contribution in [-0.2, 0) is 9.84 Å². The molecule has 0 amide bonds. The van der Waals surface area contributed by atoms with E-state index in [1.807, 2.05) is 54.3 Å². The Morgan fingerprint density at radius 3 is 2.00 bits per heavy atom. The Morgan fingerprint density at radius 1 is 0.759 bits per heavy atom. The summed E-state index contributed by atoms with van der Waals surface area (Å²) in [6, 6.07) is 22.6. The van der Waals surface area contributed by atoms with Gasteiger partial charge >= 0.3 is 0 Å². The molecule has 2 aromatic heterocycles. The molecule has 0 saturated heterocycles. The number of rotatable bonds is 2. The van der Waals surface area contributed by atoms with Crippen molar-refractivity contribution in [2.24, 2.45) is 0 Å². The van der Waals surface area contributed by atoms with E-state index in [9.17, 15) is 8.42 Å². The smallest absolute Gasteiger partial charge is 0.213 e. The molecule has 0 unspecified atom stereocenters. The summed E-state index contributed by atoms with van der Waals surface area (Å²) in [4.78, 5) is 11.1. The SMILES string of the molecule is Cc1ccc(N2c3ncccc3S(=O)(=O)c3cccnc32)c(-c2ccccc2)c1. The van der Waals surface area contributed by atoms with Crippen molar-refractivity contribution in [3.05, 3.63) is 90.8 Å². The van der Waals surface area contributed by atoms with Gasteiger partial charge in [-0.05, 0) is 48.9 Å². The van der Waals surface area contributed by atoms with Crippen LogP contribution in [-0.4, -0.2) is 18.4 Å². The van der Waals surface area contributed by atoms with Crippen LogP contribution in [0.1, 0.15) is 5.56 Å². The van der Waals surface area contributed by atoms with E-state index in [-0.39, 0.29) is 9.79 Å². The van der Waals surface area contributed by atoms with Gasteiger partial charge in [-0.2, -0.15) is 0 Å².